The van der Waals surface area contributed by atoms with Gasteiger partial charge in [0.1, 0.15) is 0 Å². The number of carbonyl (C=O) groups excluding carboxylic acids is 1. The van der Waals surface area contributed by atoms with Crippen molar-refractivity contribution >= 4 is 23.2 Å². The summed E-state index contributed by atoms with van der Waals surface area (Å²) in [6.45, 7) is 3.69. The van der Waals surface area contributed by atoms with Crippen LogP contribution in [0.4, 0.5) is 5.69 Å². The average Bonchev–Trinajstić information content (AvgIpc) is 2.57. The molecule has 0 saturated heterocycles. The molecular formula is C18H21ClN2O2. The summed E-state index contributed by atoms with van der Waals surface area (Å²) in [5.74, 6) is -0.189. The standard InChI is InChI=1S/C18H21ClN2O2/c1-13-15(19)9-6-10-16(13)21-17(23)11-20-18(2,12-22)14-7-4-3-5-8-14/h3-10,20,22H,11-12H2,1-2H3,(H,21,23). The van der Waals surface area contributed by atoms with Gasteiger partial charge in [0.05, 0.1) is 18.7 Å². The van der Waals surface area contributed by atoms with E-state index in [-0.39, 0.29) is 19.1 Å². The summed E-state index contributed by atoms with van der Waals surface area (Å²) in [6.07, 6.45) is 0. The minimum atomic E-state index is -0.679. The van der Waals surface area contributed by atoms with Crippen LogP contribution in [0.5, 0.6) is 0 Å². The first-order valence-electron chi connectivity index (χ1n) is 7.42. The molecule has 0 aliphatic rings. The van der Waals surface area contributed by atoms with Crippen molar-refractivity contribution < 1.29 is 9.90 Å². The summed E-state index contributed by atoms with van der Waals surface area (Å²) in [4.78, 5) is 12.2. The van der Waals surface area contributed by atoms with Crippen LogP contribution in [0.15, 0.2) is 48.5 Å². The van der Waals surface area contributed by atoms with Gasteiger partial charge in [-0.05, 0) is 37.1 Å². The fourth-order valence-electron chi connectivity index (χ4n) is 2.27. The van der Waals surface area contributed by atoms with Crippen LogP contribution in [0.1, 0.15) is 18.1 Å². The summed E-state index contributed by atoms with van der Waals surface area (Å²) >= 11 is 6.05. The first kappa shape index (κ1) is 17.5. The molecule has 0 radical (unpaired) electrons. The Morgan fingerprint density at radius 1 is 1.17 bits per heavy atom. The van der Waals surface area contributed by atoms with Crippen molar-refractivity contribution in [2.75, 3.05) is 18.5 Å². The van der Waals surface area contributed by atoms with Crippen molar-refractivity contribution in [1.29, 1.82) is 0 Å². The maximum absolute atomic E-state index is 12.2. The number of rotatable bonds is 6. The van der Waals surface area contributed by atoms with Gasteiger partial charge >= 0.3 is 0 Å². The highest BCUT2D eigenvalue weighted by atomic mass is 35.5. The van der Waals surface area contributed by atoms with Gasteiger partial charge in [0, 0.05) is 10.7 Å². The number of halogens is 1. The molecule has 23 heavy (non-hydrogen) atoms. The molecule has 1 unspecified atom stereocenters. The molecule has 0 aliphatic heterocycles. The Morgan fingerprint density at radius 2 is 1.87 bits per heavy atom. The second-order valence-electron chi connectivity index (χ2n) is 5.67. The maximum Gasteiger partial charge on any atom is 0.238 e. The molecule has 0 aliphatic carbocycles. The molecule has 1 amide bonds. The number of hydrogen-bond donors (Lipinski definition) is 3. The van der Waals surface area contributed by atoms with Gasteiger partial charge in [-0.15, -0.1) is 0 Å². The molecule has 2 aromatic rings. The number of aliphatic hydroxyl groups is 1. The topological polar surface area (TPSA) is 61.4 Å². The number of anilines is 1. The Hall–Kier alpha value is -1.88. The molecule has 0 bridgehead atoms. The fraction of sp³-hybridized carbons (Fsp3) is 0.278. The summed E-state index contributed by atoms with van der Waals surface area (Å²) in [6, 6.07) is 14.9. The quantitative estimate of drug-likeness (QED) is 0.761. The van der Waals surface area contributed by atoms with Crippen molar-refractivity contribution in [3.63, 3.8) is 0 Å². The van der Waals surface area contributed by atoms with E-state index in [1.807, 2.05) is 50.2 Å². The smallest absolute Gasteiger partial charge is 0.238 e. The molecule has 0 fully saturated rings. The molecule has 5 heteroatoms. The van der Waals surface area contributed by atoms with Gasteiger partial charge < -0.3 is 10.4 Å². The third kappa shape index (κ3) is 4.32. The van der Waals surface area contributed by atoms with Gasteiger partial charge in [-0.25, -0.2) is 0 Å². The summed E-state index contributed by atoms with van der Waals surface area (Å²) in [5, 5.41) is 16.3. The van der Waals surface area contributed by atoms with E-state index < -0.39 is 5.54 Å². The fourth-order valence-corrected chi connectivity index (χ4v) is 2.44. The molecule has 0 spiro atoms. The molecule has 122 valence electrons. The third-order valence-electron chi connectivity index (χ3n) is 3.91. The van der Waals surface area contributed by atoms with Gasteiger partial charge in [-0.3, -0.25) is 10.1 Å². The molecular weight excluding hydrogens is 312 g/mol. The highest BCUT2D eigenvalue weighted by Gasteiger charge is 2.25. The van der Waals surface area contributed by atoms with Crippen LogP contribution in [0.25, 0.3) is 0 Å². The SMILES string of the molecule is Cc1c(Cl)cccc1NC(=O)CNC(C)(CO)c1ccccc1. The number of aliphatic hydroxyl groups excluding tert-OH is 1. The zero-order valence-electron chi connectivity index (χ0n) is 13.3. The Balaban J connectivity index is 2.02. The van der Waals surface area contributed by atoms with Crippen molar-refractivity contribution in [2.45, 2.75) is 19.4 Å². The monoisotopic (exact) mass is 332 g/mol. The summed E-state index contributed by atoms with van der Waals surface area (Å²) < 4.78 is 0. The zero-order chi connectivity index (χ0) is 16.9. The van der Waals surface area contributed by atoms with E-state index in [1.54, 1.807) is 12.1 Å². The number of benzene rings is 2. The van der Waals surface area contributed by atoms with Crippen molar-refractivity contribution in [3.8, 4) is 0 Å². The molecule has 4 nitrogen and oxygen atoms in total. The number of amides is 1. The molecule has 0 heterocycles. The van der Waals surface area contributed by atoms with Gasteiger partial charge in [-0.2, -0.15) is 0 Å². The Morgan fingerprint density at radius 3 is 2.52 bits per heavy atom. The van der Waals surface area contributed by atoms with Crippen molar-refractivity contribution in [1.82, 2.24) is 5.32 Å². The van der Waals surface area contributed by atoms with Crippen LogP contribution in [0.3, 0.4) is 0 Å². The molecule has 2 rings (SSSR count). The van der Waals surface area contributed by atoms with Crippen LogP contribution in [0.2, 0.25) is 5.02 Å². The second kappa shape index (κ2) is 7.59. The predicted molar refractivity (Wildman–Crippen MR) is 93.7 cm³/mol. The zero-order valence-corrected chi connectivity index (χ0v) is 14.0. The van der Waals surface area contributed by atoms with E-state index >= 15 is 0 Å². The van der Waals surface area contributed by atoms with E-state index in [9.17, 15) is 9.90 Å². The lowest BCUT2D eigenvalue weighted by atomic mass is 9.93. The van der Waals surface area contributed by atoms with E-state index in [2.05, 4.69) is 10.6 Å². The molecule has 0 saturated carbocycles. The Labute approximate surface area is 141 Å². The minimum absolute atomic E-state index is 0.0813. The molecule has 0 aromatic heterocycles. The normalized spacial score (nSPS) is 13.4. The van der Waals surface area contributed by atoms with Crippen LogP contribution in [-0.4, -0.2) is 24.2 Å². The lowest BCUT2D eigenvalue weighted by Crippen LogP contribution is -2.46. The predicted octanol–water partition coefficient (Wildman–Crippen LogP) is 3.08. The number of carbonyl (C=O) groups is 1. The molecule has 2 aromatic carbocycles. The van der Waals surface area contributed by atoms with Crippen LogP contribution in [0, 0.1) is 6.92 Å². The molecule has 1 atom stereocenters. The lowest BCUT2D eigenvalue weighted by Gasteiger charge is -2.29. The first-order chi connectivity index (χ1) is 11.0. The van der Waals surface area contributed by atoms with Gasteiger partial charge in [0.15, 0.2) is 0 Å². The first-order valence-corrected chi connectivity index (χ1v) is 7.80. The van der Waals surface area contributed by atoms with E-state index in [1.165, 1.54) is 0 Å². The van der Waals surface area contributed by atoms with Gasteiger partial charge in [0.25, 0.3) is 0 Å². The number of hydrogen-bond acceptors (Lipinski definition) is 3. The van der Waals surface area contributed by atoms with Crippen LogP contribution in [-0.2, 0) is 10.3 Å². The van der Waals surface area contributed by atoms with E-state index in [4.69, 9.17) is 11.6 Å². The third-order valence-corrected chi connectivity index (χ3v) is 4.32. The lowest BCUT2D eigenvalue weighted by molar-refractivity contribution is -0.115. The van der Waals surface area contributed by atoms with Crippen molar-refractivity contribution in [3.05, 3.63) is 64.7 Å². The van der Waals surface area contributed by atoms with Crippen LogP contribution < -0.4 is 10.6 Å². The van der Waals surface area contributed by atoms with Crippen LogP contribution >= 0.6 is 11.6 Å². The molecule has 3 N–H and O–H groups in total. The van der Waals surface area contributed by atoms with Crippen molar-refractivity contribution in [2.24, 2.45) is 0 Å². The minimum Gasteiger partial charge on any atom is -0.394 e. The number of nitrogens with one attached hydrogen (secondary N) is 2. The Kier molecular flexibility index (Phi) is 5.77. The largest absolute Gasteiger partial charge is 0.394 e. The Bertz CT molecular complexity index is 676. The summed E-state index contributed by atoms with van der Waals surface area (Å²) in [5.41, 5.74) is 1.77. The van der Waals surface area contributed by atoms with E-state index in [0.29, 0.717) is 10.7 Å². The van der Waals surface area contributed by atoms with E-state index in [0.717, 1.165) is 11.1 Å². The summed E-state index contributed by atoms with van der Waals surface area (Å²) in [7, 11) is 0. The van der Waals surface area contributed by atoms with Gasteiger partial charge in [0.2, 0.25) is 5.91 Å². The maximum atomic E-state index is 12.2. The van der Waals surface area contributed by atoms with Gasteiger partial charge in [-0.1, -0.05) is 48.0 Å². The second-order valence-corrected chi connectivity index (χ2v) is 6.08. The average molecular weight is 333 g/mol. The highest BCUT2D eigenvalue weighted by molar-refractivity contribution is 6.31. The highest BCUT2D eigenvalue weighted by Crippen LogP contribution is 2.23.